The third-order valence-electron chi connectivity index (χ3n) is 25.9. The largest absolute Gasteiger partial charge is 0.488 e. The van der Waals surface area contributed by atoms with Crippen molar-refractivity contribution in [1.82, 2.24) is 69.9 Å². The lowest BCUT2D eigenvalue weighted by Gasteiger charge is -2.37. The van der Waals surface area contributed by atoms with Crippen LogP contribution < -0.4 is 46.9 Å². The predicted molar refractivity (Wildman–Crippen MR) is 432 cm³/mol. The summed E-state index contributed by atoms with van der Waals surface area (Å²) in [6, 6.07) is -4.46. The number of fused-ring (bicyclic) bond motifs is 13. The van der Waals surface area contributed by atoms with Crippen molar-refractivity contribution in [3.8, 4) is 17.5 Å². The first kappa shape index (κ1) is 85.2. The van der Waals surface area contributed by atoms with Crippen molar-refractivity contribution in [2.75, 3.05) is 26.2 Å². The number of aryl methyl sites for hydroxylation is 2. The zero-order chi connectivity index (χ0) is 83.7. The Morgan fingerprint density at radius 1 is 0.556 bits per heavy atom. The summed E-state index contributed by atoms with van der Waals surface area (Å²) in [4.78, 5) is 172. The number of amides is 6. The molecule has 6 amide bonds. The van der Waals surface area contributed by atoms with Crippen molar-refractivity contribution in [2.45, 2.75) is 298 Å². The fraction of sp³-hybridized carbons (Fsp3) is 0.686. The zero-order valence-corrected chi connectivity index (χ0v) is 70.3. The van der Waals surface area contributed by atoms with E-state index in [-0.39, 0.29) is 104 Å². The van der Waals surface area contributed by atoms with Gasteiger partial charge in [0.05, 0.1) is 49.7 Å². The number of imidazole rings is 1. The molecule has 4 aromatic heterocycles. The summed E-state index contributed by atoms with van der Waals surface area (Å²) in [7, 11) is 0. The minimum absolute atomic E-state index is 0.0272. The third-order valence-corrected chi connectivity index (χ3v) is 25.9. The molecule has 6 fully saturated rings. The van der Waals surface area contributed by atoms with Gasteiger partial charge in [0, 0.05) is 72.2 Å². The van der Waals surface area contributed by atoms with Crippen LogP contribution >= 0.6 is 0 Å². The van der Waals surface area contributed by atoms with Crippen molar-refractivity contribution >= 4 is 71.2 Å². The van der Waals surface area contributed by atoms with Crippen LogP contribution in [0.2, 0.25) is 0 Å². The Morgan fingerprint density at radius 3 is 1.62 bits per heavy atom. The van der Waals surface area contributed by atoms with Crippen molar-refractivity contribution in [2.24, 2.45) is 57.5 Å². The summed E-state index contributed by atoms with van der Waals surface area (Å²) in [6.07, 6.45) is 20.2. The van der Waals surface area contributed by atoms with E-state index >= 15 is 9.59 Å². The standard InChI is InChI=1S/C86H121N15O16/c1-14-56-65-44-100(71(56)49(5)103)78(107)75(96-83(111)117-60-36-52(60)26-20-17-23-29-58-63(113-65)41-89-67(91-58)30-32-87)86(12,13)46-88-33-31-68-92-79(108)97-34-24-18-22-27-53-37-61(53)116-82(110)95-74(77(106)101-45-66(114-80(97)93-68)57(15-2)72(101)50(6)104)85(10,11)39-55-40-90-69-38-62-54(42-98(55)69)28-21-16-19-25-51-35-59(51)115-81(109)94-73(84(7,8)9)76(105)99-43-64(112-62)47(3)70(99)48(4)102/h30-33,38,40-42,47,51-53,56-57,59-61,64-66,70-75,88H,14-29,34-37,39,43-46,87H2,1-13H3,(H,94,109)(H,95,110)(H,96,111)/t47-,51-,52-,53-,56-,57-,59-,60-,61-,64+,65+,66+,70+,71-,72-,73-,74-,75-/m1/s1. The lowest BCUT2D eigenvalue weighted by Crippen LogP contribution is -2.59. The molecule has 3 saturated carbocycles. The summed E-state index contributed by atoms with van der Waals surface area (Å²) in [6.45, 7) is 23.4. The van der Waals surface area contributed by atoms with Gasteiger partial charge in [0.25, 0.3) is 0 Å². The van der Waals surface area contributed by atoms with Crippen LogP contribution in [0.25, 0.3) is 17.8 Å². The van der Waals surface area contributed by atoms with Crippen LogP contribution in [0.5, 0.6) is 17.5 Å². The van der Waals surface area contributed by atoms with Gasteiger partial charge in [-0.25, -0.2) is 38.7 Å². The second-order valence-electron chi connectivity index (χ2n) is 36.8. The minimum Gasteiger partial charge on any atom is -0.488 e. The Kier molecular flexibility index (Phi) is 25.8. The van der Waals surface area contributed by atoms with Crippen molar-refractivity contribution in [1.29, 1.82) is 0 Å². The highest BCUT2D eigenvalue weighted by atomic mass is 16.6. The van der Waals surface area contributed by atoms with Crippen molar-refractivity contribution in [3.63, 3.8) is 0 Å². The highest BCUT2D eigenvalue weighted by Gasteiger charge is 2.56. The number of aromatic nitrogens is 7. The molecule has 0 aromatic carbocycles. The molecule has 3 saturated heterocycles. The topological polar surface area (TPSA) is 384 Å². The molecular formula is C86H121N15O16. The van der Waals surface area contributed by atoms with Gasteiger partial charge in [0.1, 0.15) is 66.1 Å². The minimum atomic E-state index is -1.29. The monoisotopic (exact) mass is 1620 g/mol. The Labute approximate surface area is 684 Å². The number of nitrogens with zero attached hydrogens (tertiary/aromatic N) is 10. The number of ether oxygens (including phenoxy) is 6. The number of nitrogens with two attached hydrogens (primary N) is 1. The van der Waals surface area contributed by atoms with Crippen LogP contribution in [0, 0.1) is 51.8 Å². The number of alkyl carbamates (subject to hydrolysis) is 3. The van der Waals surface area contributed by atoms with Gasteiger partial charge >= 0.3 is 30.0 Å². The number of Topliss-reactive ketones (excluding diaryl/α,β-unsaturated/α-hetero) is 3. The van der Waals surface area contributed by atoms with E-state index in [4.69, 9.17) is 49.1 Å². The van der Waals surface area contributed by atoms with Crippen LogP contribution in [-0.4, -0.2) is 201 Å². The number of carbonyl (C=O) groups is 9. The number of hydrogen-bond donors (Lipinski definition) is 5. The van der Waals surface area contributed by atoms with Crippen molar-refractivity contribution in [3.05, 3.63) is 76.1 Å². The first-order valence-corrected chi connectivity index (χ1v) is 42.7. The lowest BCUT2D eigenvalue weighted by atomic mass is 9.79. The summed E-state index contributed by atoms with van der Waals surface area (Å²) in [5.41, 5.74) is 4.96. The molecule has 117 heavy (non-hydrogen) atoms. The lowest BCUT2D eigenvalue weighted by molar-refractivity contribution is -0.142. The second-order valence-corrected chi connectivity index (χ2v) is 36.8. The van der Waals surface area contributed by atoms with E-state index in [1.54, 1.807) is 29.6 Å². The summed E-state index contributed by atoms with van der Waals surface area (Å²) in [5.74, 6) is -1.77. The highest BCUT2D eigenvalue weighted by molar-refractivity contribution is 5.95. The Hall–Kier alpha value is -9.71. The SMILES string of the molecule is CC[C@@H]1[C@@H]2CN(C(=O)[C@H](C(C)(C)CNC=Cc3nc4n(c(=O)n3)CCCCC[C@@H]3C[C@H]3OC(=O)N[C@@H](C(C)(C)Cc3cnc5cc6c(cn35)CCCCC[C@@H]3C[C@H]3OC(=O)N[C@@H](C(C)(C)C)C(=O)N3C[C@H](O6)[C@@H](C)[C@H]3C(C)=O)C(=O)N3C[C@H](O4)[C@@H](CC)[C@H]3C(C)=O)NC(=O)O[C@@H]3C[C@H]3CCCCCc3nc(C=CN)ncc3O2)[C@@H]1C(C)=O. The summed E-state index contributed by atoms with van der Waals surface area (Å²) >= 11 is 0. The predicted octanol–water partition coefficient (Wildman–Crippen LogP) is 9.19. The number of nitrogens with one attached hydrogen (secondary N) is 4. The van der Waals surface area contributed by atoms with E-state index in [2.05, 4.69) is 31.2 Å². The molecule has 6 bridgehead atoms. The summed E-state index contributed by atoms with van der Waals surface area (Å²) in [5, 5.41) is 12.1. The first-order valence-electron chi connectivity index (χ1n) is 42.7. The third kappa shape index (κ3) is 19.4. The van der Waals surface area contributed by atoms with Gasteiger partial charge < -0.3 is 74.5 Å². The van der Waals surface area contributed by atoms with Crippen molar-refractivity contribution < 1.29 is 71.6 Å². The zero-order valence-electron chi connectivity index (χ0n) is 70.3. The molecule has 9 aliphatic rings. The maximum atomic E-state index is 16.0. The number of rotatable bonds is 14. The molecule has 3 aliphatic carbocycles. The quantitative estimate of drug-likeness (QED) is 0.0734. The number of hydrogen-bond acceptors (Lipinski definition) is 23. The van der Waals surface area contributed by atoms with E-state index < -0.39 is 130 Å². The molecule has 0 radical (unpaired) electrons. The number of pyridine rings is 1. The maximum absolute atomic E-state index is 16.0. The van der Waals surface area contributed by atoms with Crippen LogP contribution in [0.1, 0.15) is 228 Å². The Balaban J connectivity index is 0.757. The van der Waals surface area contributed by atoms with E-state index in [0.717, 1.165) is 76.2 Å². The number of ketones is 3. The Morgan fingerprint density at radius 2 is 1.07 bits per heavy atom. The van der Waals surface area contributed by atoms with Gasteiger partial charge in [-0.2, -0.15) is 9.97 Å². The van der Waals surface area contributed by atoms with Crippen LogP contribution in [0.4, 0.5) is 14.4 Å². The molecule has 0 unspecified atom stereocenters. The van der Waals surface area contributed by atoms with Gasteiger partial charge in [-0.1, -0.05) is 108 Å². The van der Waals surface area contributed by atoms with Gasteiger partial charge in [-0.05, 0) is 158 Å². The van der Waals surface area contributed by atoms with Gasteiger partial charge in [0.15, 0.2) is 34.7 Å². The van der Waals surface area contributed by atoms with Gasteiger partial charge in [0.2, 0.25) is 17.7 Å². The molecule has 31 nitrogen and oxygen atoms in total. The van der Waals surface area contributed by atoms with Crippen LogP contribution in [-0.2, 0) is 68.8 Å². The molecule has 4 aromatic rings. The molecule has 10 heterocycles. The molecule has 6 aliphatic heterocycles. The van der Waals surface area contributed by atoms with Gasteiger partial charge in [-0.3, -0.25) is 28.8 Å². The fourth-order valence-electron chi connectivity index (χ4n) is 19.0. The van der Waals surface area contributed by atoms with E-state index in [1.807, 2.05) is 85.9 Å². The van der Waals surface area contributed by atoms with Gasteiger partial charge in [-0.15, -0.1) is 0 Å². The average molecular weight is 1620 g/mol. The summed E-state index contributed by atoms with van der Waals surface area (Å²) < 4.78 is 42.0. The molecule has 636 valence electrons. The van der Waals surface area contributed by atoms with E-state index in [0.29, 0.717) is 85.7 Å². The molecule has 6 N–H and O–H groups in total. The van der Waals surface area contributed by atoms with E-state index in [9.17, 15) is 38.4 Å². The van der Waals surface area contributed by atoms with Crippen LogP contribution in [0.15, 0.2) is 41.9 Å². The molecule has 31 heteroatoms. The normalized spacial score (nSPS) is 30.6. The first-order chi connectivity index (χ1) is 55.7. The smallest absolute Gasteiger partial charge is 0.408 e. The maximum Gasteiger partial charge on any atom is 0.408 e. The van der Waals surface area contributed by atoms with Crippen LogP contribution in [0.3, 0.4) is 0 Å². The Bertz CT molecular complexity index is 4510. The number of carbonyl (C=O) groups excluding carboxylic acids is 9. The highest BCUT2D eigenvalue weighted by Crippen LogP contribution is 2.44. The molecule has 13 rings (SSSR count). The second kappa shape index (κ2) is 35.5. The van der Waals surface area contributed by atoms with E-state index in [1.165, 1.54) is 47.4 Å². The average Bonchev–Trinajstić information content (AvgIpc) is 1.65. The molecule has 18 atom stereocenters. The fourth-order valence-corrected chi connectivity index (χ4v) is 19.0. The molecular weight excluding hydrogens is 1500 g/mol. The molecule has 0 spiro atoms.